The number of carbonyl (C=O) groups excluding carboxylic acids is 1. The molecule has 1 aromatic carbocycles. The Morgan fingerprint density at radius 1 is 1.10 bits per heavy atom. The minimum Gasteiger partial charge on any atom is -0.468 e. The molecule has 2 rings (SSSR count). The molecular weight excluding hydrogens is 262 g/mol. The van der Waals surface area contributed by atoms with E-state index in [4.69, 9.17) is 4.74 Å². The van der Waals surface area contributed by atoms with Gasteiger partial charge in [0, 0.05) is 6.04 Å². The van der Waals surface area contributed by atoms with Gasteiger partial charge in [0.15, 0.2) is 0 Å². The van der Waals surface area contributed by atoms with Gasteiger partial charge in [0.2, 0.25) is 0 Å². The summed E-state index contributed by atoms with van der Waals surface area (Å²) < 4.78 is 5.03. The molecule has 1 unspecified atom stereocenters. The second-order valence-corrected chi connectivity index (χ2v) is 6.25. The number of carbonyl (C=O) groups is 1. The number of hydrogen-bond acceptors (Lipinski definition) is 3. The maximum atomic E-state index is 12.2. The standard InChI is InChI=1S/C18H27NO2/c1-12-10-14(3)16(11-13(12)2)17(18(20)21-4)19-15-8-6-5-7-9-15/h10-11,15,17,19H,5-9H2,1-4H3. The Labute approximate surface area is 128 Å². The highest BCUT2D eigenvalue weighted by Crippen LogP contribution is 2.26. The van der Waals surface area contributed by atoms with Gasteiger partial charge in [0.05, 0.1) is 7.11 Å². The first kappa shape index (κ1) is 16.0. The molecular formula is C18H27NO2. The van der Waals surface area contributed by atoms with Crippen LogP contribution in [0.15, 0.2) is 12.1 Å². The Balaban J connectivity index is 2.27. The van der Waals surface area contributed by atoms with Crippen LogP contribution in [0.5, 0.6) is 0 Å². The molecule has 0 heterocycles. The zero-order chi connectivity index (χ0) is 15.4. The number of ether oxygens (including phenoxy) is 1. The summed E-state index contributed by atoms with van der Waals surface area (Å²) in [7, 11) is 1.47. The van der Waals surface area contributed by atoms with Gasteiger partial charge in [-0.05, 0) is 55.9 Å². The molecule has 1 saturated carbocycles. The van der Waals surface area contributed by atoms with Gasteiger partial charge in [-0.3, -0.25) is 5.32 Å². The van der Waals surface area contributed by atoms with Gasteiger partial charge in [0.1, 0.15) is 6.04 Å². The van der Waals surface area contributed by atoms with Crippen LogP contribution in [-0.2, 0) is 9.53 Å². The largest absolute Gasteiger partial charge is 0.468 e. The van der Waals surface area contributed by atoms with E-state index < -0.39 is 0 Å². The van der Waals surface area contributed by atoms with Crippen molar-refractivity contribution in [1.82, 2.24) is 5.32 Å². The molecule has 0 amide bonds. The van der Waals surface area contributed by atoms with Gasteiger partial charge in [-0.25, -0.2) is 4.79 Å². The quantitative estimate of drug-likeness (QED) is 0.858. The summed E-state index contributed by atoms with van der Waals surface area (Å²) in [5.41, 5.74) is 4.68. The molecule has 1 N–H and O–H groups in total. The molecule has 116 valence electrons. The molecule has 0 aliphatic heterocycles. The second-order valence-electron chi connectivity index (χ2n) is 6.25. The Hall–Kier alpha value is -1.35. The zero-order valence-corrected chi connectivity index (χ0v) is 13.7. The molecule has 1 atom stereocenters. The van der Waals surface area contributed by atoms with E-state index in [1.807, 2.05) is 0 Å². The fourth-order valence-electron chi connectivity index (χ4n) is 3.20. The van der Waals surface area contributed by atoms with Crippen molar-refractivity contribution >= 4 is 5.97 Å². The van der Waals surface area contributed by atoms with Gasteiger partial charge in [-0.1, -0.05) is 31.4 Å². The number of benzene rings is 1. The van der Waals surface area contributed by atoms with E-state index in [-0.39, 0.29) is 12.0 Å². The number of esters is 1. The summed E-state index contributed by atoms with van der Waals surface area (Å²) in [6.07, 6.45) is 6.10. The lowest BCUT2D eigenvalue weighted by Crippen LogP contribution is -2.39. The molecule has 0 radical (unpaired) electrons. The van der Waals surface area contributed by atoms with E-state index in [9.17, 15) is 4.79 Å². The molecule has 21 heavy (non-hydrogen) atoms. The number of nitrogens with one attached hydrogen (secondary N) is 1. The summed E-state index contributed by atoms with van der Waals surface area (Å²) in [6, 6.07) is 4.35. The lowest BCUT2D eigenvalue weighted by Gasteiger charge is -2.28. The van der Waals surface area contributed by atoms with Crippen molar-refractivity contribution in [1.29, 1.82) is 0 Å². The van der Waals surface area contributed by atoms with E-state index in [1.54, 1.807) is 0 Å². The maximum Gasteiger partial charge on any atom is 0.327 e. The molecule has 0 aromatic heterocycles. The third kappa shape index (κ3) is 3.85. The van der Waals surface area contributed by atoms with Gasteiger partial charge < -0.3 is 4.74 Å². The molecule has 3 nitrogen and oxygen atoms in total. The van der Waals surface area contributed by atoms with Crippen LogP contribution in [0.25, 0.3) is 0 Å². The van der Waals surface area contributed by atoms with Crippen molar-refractivity contribution < 1.29 is 9.53 Å². The van der Waals surface area contributed by atoms with Crippen molar-refractivity contribution in [3.63, 3.8) is 0 Å². The van der Waals surface area contributed by atoms with Crippen molar-refractivity contribution in [2.45, 2.75) is 65.0 Å². The molecule has 0 spiro atoms. The van der Waals surface area contributed by atoms with Gasteiger partial charge >= 0.3 is 5.97 Å². The Morgan fingerprint density at radius 3 is 2.33 bits per heavy atom. The highest BCUT2D eigenvalue weighted by Gasteiger charge is 2.27. The zero-order valence-electron chi connectivity index (χ0n) is 13.7. The lowest BCUT2D eigenvalue weighted by molar-refractivity contribution is -0.143. The molecule has 1 aromatic rings. The molecule has 0 bridgehead atoms. The predicted molar refractivity (Wildman–Crippen MR) is 85.4 cm³/mol. The first-order valence-electron chi connectivity index (χ1n) is 7.94. The minimum absolute atomic E-state index is 0.188. The Morgan fingerprint density at radius 2 is 1.71 bits per heavy atom. The van der Waals surface area contributed by atoms with E-state index >= 15 is 0 Å². The monoisotopic (exact) mass is 289 g/mol. The van der Waals surface area contributed by atoms with Crippen LogP contribution in [0, 0.1) is 20.8 Å². The average molecular weight is 289 g/mol. The highest BCUT2D eigenvalue weighted by atomic mass is 16.5. The van der Waals surface area contributed by atoms with E-state index in [0.717, 1.165) is 24.0 Å². The Bertz CT molecular complexity index is 504. The van der Waals surface area contributed by atoms with Crippen LogP contribution in [0.2, 0.25) is 0 Å². The third-order valence-electron chi connectivity index (χ3n) is 4.64. The summed E-state index contributed by atoms with van der Waals surface area (Å²) >= 11 is 0. The molecule has 1 aliphatic rings. The van der Waals surface area contributed by atoms with Crippen LogP contribution < -0.4 is 5.32 Å². The van der Waals surface area contributed by atoms with Crippen molar-refractivity contribution in [2.75, 3.05) is 7.11 Å². The van der Waals surface area contributed by atoms with Crippen LogP contribution in [0.4, 0.5) is 0 Å². The van der Waals surface area contributed by atoms with E-state index in [0.29, 0.717) is 6.04 Å². The number of aryl methyl sites for hydroxylation is 3. The van der Waals surface area contributed by atoms with Crippen LogP contribution in [0.3, 0.4) is 0 Å². The van der Waals surface area contributed by atoms with Gasteiger partial charge in [-0.2, -0.15) is 0 Å². The topological polar surface area (TPSA) is 38.3 Å². The molecule has 1 aliphatic carbocycles. The molecule has 3 heteroatoms. The second kappa shape index (κ2) is 7.08. The minimum atomic E-state index is -0.350. The molecule has 0 saturated heterocycles. The fraction of sp³-hybridized carbons (Fsp3) is 0.611. The predicted octanol–water partition coefficient (Wildman–Crippen LogP) is 3.75. The first-order chi connectivity index (χ1) is 10.0. The lowest BCUT2D eigenvalue weighted by atomic mass is 9.92. The van der Waals surface area contributed by atoms with Crippen LogP contribution in [-0.4, -0.2) is 19.1 Å². The third-order valence-corrected chi connectivity index (χ3v) is 4.64. The summed E-state index contributed by atoms with van der Waals surface area (Å²) in [5.74, 6) is -0.188. The average Bonchev–Trinajstić information content (AvgIpc) is 2.49. The molecule has 1 fully saturated rings. The van der Waals surface area contributed by atoms with Crippen molar-refractivity contribution in [2.24, 2.45) is 0 Å². The summed E-state index contributed by atoms with van der Waals surface area (Å²) in [4.78, 5) is 12.2. The van der Waals surface area contributed by atoms with Crippen LogP contribution in [0.1, 0.15) is 60.4 Å². The summed E-state index contributed by atoms with van der Waals surface area (Å²) in [5, 5.41) is 3.54. The summed E-state index contributed by atoms with van der Waals surface area (Å²) in [6.45, 7) is 6.27. The van der Waals surface area contributed by atoms with E-state index in [2.05, 4.69) is 38.2 Å². The fourth-order valence-corrected chi connectivity index (χ4v) is 3.20. The number of hydrogen-bond donors (Lipinski definition) is 1. The van der Waals surface area contributed by atoms with Crippen molar-refractivity contribution in [3.05, 3.63) is 34.4 Å². The maximum absolute atomic E-state index is 12.2. The SMILES string of the molecule is COC(=O)C(NC1CCCCC1)c1cc(C)c(C)cc1C. The first-order valence-corrected chi connectivity index (χ1v) is 7.94. The highest BCUT2D eigenvalue weighted by molar-refractivity contribution is 5.78. The smallest absolute Gasteiger partial charge is 0.327 e. The number of rotatable bonds is 4. The van der Waals surface area contributed by atoms with Crippen LogP contribution >= 0.6 is 0 Å². The number of methoxy groups -OCH3 is 1. The Kier molecular flexibility index (Phi) is 5.40. The van der Waals surface area contributed by atoms with E-state index in [1.165, 1.54) is 37.5 Å². The van der Waals surface area contributed by atoms with Gasteiger partial charge in [0.25, 0.3) is 0 Å². The van der Waals surface area contributed by atoms with Crippen molar-refractivity contribution in [3.8, 4) is 0 Å². The van der Waals surface area contributed by atoms with Gasteiger partial charge in [-0.15, -0.1) is 0 Å². The normalized spacial score (nSPS) is 17.5.